The molecule has 0 bridgehead atoms. The summed E-state index contributed by atoms with van der Waals surface area (Å²) in [6, 6.07) is 9.33. The highest BCUT2D eigenvalue weighted by Crippen LogP contribution is 2.14. The average molecular weight is 266 g/mol. The van der Waals surface area contributed by atoms with E-state index in [-0.39, 0.29) is 5.91 Å². The predicted molar refractivity (Wildman–Crippen MR) is 77.7 cm³/mol. The van der Waals surface area contributed by atoms with Crippen molar-refractivity contribution in [3.63, 3.8) is 0 Å². The molecule has 0 fully saturated rings. The lowest BCUT2D eigenvalue weighted by Gasteiger charge is -2.20. The number of rotatable bonds is 3. The molecule has 100 valence electrons. The maximum Gasteiger partial charge on any atom is 0.275 e. The van der Waals surface area contributed by atoms with Crippen LogP contribution in [0.3, 0.4) is 0 Å². The van der Waals surface area contributed by atoms with E-state index in [4.69, 9.17) is 0 Å². The normalized spacial score (nSPS) is 12.9. The molecular weight excluding hydrogens is 252 g/mol. The summed E-state index contributed by atoms with van der Waals surface area (Å²) in [5.41, 5.74) is 1.16. The van der Waals surface area contributed by atoms with Gasteiger partial charge in [-0.3, -0.25) is 4.79 Å². The maximum atomic E-state index is 12.1. The third kappa shape index (κ3) is 2.33. The molecule has 1 N–H and O–H groups in total. The van der Waals surface area contributed by atoms with E-state index >= 15 is 0 Å². The Morgan fingerprint density at radius 2 is 2.15 bits per heavy atom. The van der Waals surface area contributed by atoms with Crippen LogP contribution in [0.1, 0.15) is 16.3 Å². The first-order valence-corrected chi connectivity index (χ1v) is 6.26. The number of fused-ring (bicyclic) bond motifs is 1. The van der Waals surface area contributed by atoms with Gasteiger partial charge in [-0.1, -0.05) is 24.8 Å². The van der Waals surface area contributed by atoms with Gasteiger partial charge in [0.2, 0.25) is 0 Å². The summed E-state index contributed by atoms with van der Waals surface area (Å²) < 4.78 is 1.90. The Hall–Kier alpha value is -2.82. The van der Waals surface area contributed by atoms with Gasteiger partial charge >= 0.3 is 0 Å². The first-order chi connectivity index (χ1) is 9.76. The van der Waals surface area contributed by atoms with Crippen molar-refractivity contribution in [2.45, 2.75) is 6.67 Å². The zero-order chi connectivity index (χ0) is 13.9. The molecule has 2 heterocycles. The van der Waals surface area contributed by atoms with Crippen molar-refractivity contribution in [3.05, 3.63) is 67.0 Å². The molecule has 5 nitrogen and oxygen atoms in total. The van der Waals surface area contributed by atoms with Crippen LogP contribution in [0.2, 0.25) is 0 Å². The number of hydrogen-bond donors (Lipinski definition) is 1. The number of carbonyl (C=O) groups excluding carboxylic acids is 1. The predicted octanol–water partition coefficient (Wildman–Crippen LogP) is 2.52. The number of benzene rings is 1. The van der Waals surface area contributed by atoms with E-state index in [1.165, 1.54) is 0 Å². The quantitative estimate of drug-likeness (QED) is 0.928. The smallest absolute Gasteiger partial charge is 0.275 e. The van der Waals surface area contributed by atoms with Crippen molar-refractivity contribution < 1.29 is 4.79 Å². The highest BCUT2D eigenvalue weighted by molar-refractivity contribution is 6.02. The van der Waals surface area contributed by atoms with Gasteiger partial charge in [-0.2, -0.15) is 0 Å². The van der Waals surface area contributed by atoms with E-state index < -0.39 is 0 Å². The molecule has 5 heteroatoms. The lowest BCUT2D eigenvalue weighted by Crippen LogP contribution is -2.18. The summed E-state index contributed by atoms with van der Waals surface area (Å²) in [5.74, 6) is 0.554. The number of amides is 1. The van der Waals surface area contributed by atoms with Gasteiger partial charge in [0.25, 0.3) is 5.91 Å². The van der Waals surface area contributed by atoms with E-state index in [1.54, 1.807) is 12.4 Å². The second-order valence-electron chi connectivity index (χ2n) is 4.43. The van der Waals surface area contributed by atoms with Crippen molar-refractivity contribution >= 4 is 17.7 Å². The fourth-order valence-corrected chi connectivity index (χ4v) is 2.01. The third-order valence-electron chi connectivity index (χ3n) is 3.04. The van der Waals surface area contributed by atoms with Crippen LogP contribution in [0, 0.1) is 0 Å². The number of imidazole rings is 1. The molecule has 0 spiro atoms. The Labute approximate surface area is 116 Å². The topological polar surface area (TPSA) is 50.2 Å². The van der Waals surface area contributed by atoms with Crippen LogP contribution in [-0.4, -0.2) is 20.4 Å². The molecule has 1 aromatic heterocycles. The minimum atomic E-state index is -0.211. The van der Waals surface area contributed by atoms with Gasteiger partial charge in [0.15, 0.2) is 0 Å². The van der Waals surface area contributed by atoms with Gasteiger partial charge in [-0.25, -0.2) is 4.98 Å². The number of para-hydroxylation sites is 1. The highest BCUT2D eigenvalue weighted by atomic mass is 16.1. The first-order valence-electron chi connectivity index (χ1n) is 6.26. The number of anilines is 1. The number of carbonyl (C=O) groups is 1. The van der Waals surface area contributed by atoms with Gasteiger partial charge in [0, 0.05) is 18.1 Å². The van der Waals surface area contributed by atoms with Gasteiger partial charge < -0.3 is 14.8 Å². The molecule has 0 aliphatic carbocycles. The van der Waals surface area contributed by atoms with Crippen LogP contribution in [0.25, 0.3) is 6.08 Å². The molecule has 1 aliphatic heterocycles. The van der Waals surface area contributed by atoms with E-state index in [2.05, 4.69) is 16.9 Å². The van der Waals surface area contributed by atoms with Crippen LogP contribution in [0.15, 0.2) is 55.5 Å². The summed E-state index contributed by atoms with van der Waals surface area (Å²) in [6.07, 6.45) is 7.20. The SMILES string of the molecule is C=CN1C=Cc2nc(C(=O)Nc3ccccc3)cn2C1. The highest BCUT2D eigenvalue weighted by Gasteiger charge is 2.16. The third-order valence-corrected chi connectivity index (χ3v) is 3.04. The fourth-order valence-electron chi connectivity index (χ4n) is 2.01. The Morgan fingerprint density at radius 1 is 1.35 bits per heavy atom. The summed E-state index contributed by atoms with van der Waals surface area (Å²) in [7, 11) is 0. The van der Waals surface area contributed by atoms with E-state index in [0.29, 0.717) is 12.4 Å². The molecule has 0 radical (unpaired) electrons. The molecule has 0 unspecified atom stereocenters. The zero-order valence-corrected chi connectivity index (χ0v) is 10.9. The second-order valence-corrected chi connectivity index (χ2v) is 4.43. The Bertz CT molecular complexity index is 672. The molecule has 1 aliphatic rings. The average Bonchev–Trinajstić information content (AvgIpc) is 2.91. The fraction of sp³-hybridized carbons (Fsp3) is 0.0667. The van der Waals surface area contributed by atoms with Crippen LogP contribution >= 0.6 is 0 Å². The van der Waals surface area contributed by atoms with Gasteiger partial charge in [0.05, 0.1) is 6.67 Å². The molecule has 1 aromatic carbocycles. The summed E-state index contributed by atoms with van der Waals surface area (Å²) in [4.78, 5) is 18.4. The van der Waals surface area contributed by atoms with Crippen LogP contribution in [0.4, 0.5) is 5.69 Å². The molecule has 2 aromatic rings. The van der Waals surface area contributed by atoms with Crippen LogP contribution in [-0.2, 0) is 6.67 Å². The maximum absolute atomic E-state index is 12.1. The summed E-state index contributed by atoms with van der Waals surface area (Å²) in [6.45, 7) is 4.33. The minimum absolute atomic E-state index is 0.211. The van der Waals surface area contributed by atoms with Crippen molar-refractivity contribution in [1.82, 2.24) is 14.5 Å². The lowest BCUT2D eigenvalue weighted by atomic mass is 10.3. The molecule has 3 rings (SSSR count). The van der Waals surface area contributed by atoms with Crippen LogP contribution in [0.5, 0.6) is 0 Å². The van der Waals surface area contributed by atoms with Crippen molar-refractivity contribution in [3.8, 4) is 0 Å². The van der Waals surface area contributed by atoms with Crippen molar-refractivity contribution in [1.29, 1.82) is 0 Å². The van der Waals surface area contributed by atoms with E-state index in [9.17, 15) is 4.79 Å². The Kier molecular flexibility index (Phi) is 3.09. The van der Waals surface area contributed by atoms with Gasteiger partial charge in [-0.05, 0) is 24.4 Å². The molecule has 0 saturated heterocycles. The minimum Gasteiger partial charge on any atom is -0.336 e. The molecular formula is C15H14N4O. The van der Waals surface area contributed by atoms with E-state index in [1.807, 2.05) is 52.1 Å². The molecule has 20 heavy (non-hydrogen) atoms. The Morgan fingerprint density at radius 3 is 2.90 bits per heavy atom. The monoisotopic (exact) mass is 266 g/mol. The first kappa shape index (κ1) is 12.2. The van der Waals surface area contributed by atoms with Crippen LogP contribution < -0.4 is 5.32 Å². The lowest BCUT2D eigenvalue weighted by molar-refractivity contribution is 0.102. The largest absolute Gasteiger partial charge is 0.336 e. The second kappa shape index (κ2) is 5.05. The van der Waals surface area contributed by atoms with Gasteiger partial charge in [0.1, 0.15) is 11.5 Å². The Balaban J connectivity index is 1.79. The van der Waals surface area contributed by atoms with E-state index in [0.717, 1.165) is 11.5 Å². The standard InChI is InChI=1S/C15H14N4O/c1-2-18-9-8-14-17-13(10-19(14)11-18)15(20)16-12-6-4-3-5-7-12/h2-10H,1,11H2,(H,16,20). The summed E-state index contributed by atoms with van der Waals surface area (Å²) in [5, 5.41) is 2.82. The van der Waals surface area contributed by atoms with Gasteiger partial charge in [-0.15, -0.1) is 0 Å². The number of nitrogens with one attached hydrogen (secondary N) is 1. The van der Waals surface area contributed by atoms with Crippen molar-refractivity contribution in [2.75, 3.05) is 5.32 Å². The molecule has 1 amide bonds. The van der Waals surface area contributed by atoms with Crippen molar-refractivity contribution in [2.24, 2.45) is 0 Å². The zero-order valence-electron chi connectivity index (χ0n) is 10.9. The molecule has 0 atom stereocenters. The summed E-state index contributed by atoms with van der Waals surface area (Å²) >= 11 is 0. The molecule has 0 saturated carbocycles. The number of aromatic nitrogens is 2. The number of nitrogens with zero attached hydrogens (tertiary/aromatic N) is 3. The number of hydrogen-bond acceptors (Lipinski definition) is 3.